The third-order valence-corrected chi connectivity index (χ3v) is 5.94. The zero-order valence-corrected chi connectivity index (χ0v) is 20.0. The van der Waals surface area contributed by atoms with Crippen LogP contribution in [-0.2, 0) is 20.9 Å². The molecule has 190 valence electrons. The van der Waals surface area contributed by atoms with Crippen LogP contribution in [0.4, 0.5) is 4.79 Å². The monoisotopic (exact) mass is 501 g/mol. The second kappa shape index (κ2) is 11.9. The highest BCUT2D eigenvalue weighted by molar-refractivity contribution is 6.03. The molecule has 0 aromatic heterocycles. The first-order valence-corrected chi connectivity index (χ1v) is 11.8. The Morgan fingerprint density at radius 3 is 2.27 bits per heavy atom. The van der Waals surface area contributed by atoms with Crippen molar-refractivity contribution in [3.05, 3.63) is 90.0 Å². The Hall–Kier alpha value is -4.66. The molecule has 37 heavy (non-hydrogen) atoms. The Balaban J connectivity index is 1.29. The standard InChI is InChI=1S/C28H27N3O6/c29-26(31-28(35)37-16-18-4-2-1-3-5-18)21-8-6-19(7-9-21)20-10-12-24(13-11-20)36-17-23-14-22(15-25(32)33)27(34)30-23/h1-13,22-23H,14-17H2,(H,30,34)(H,32,33)(H2,29,31,35)/t22-,23-/m0/s1. The van der Waals surface area contributed by atoms with Crippen LogP contribution in [0.1, 0.15) is 24.0 Å². The molecular formula is C28H27N3O6. The number of nitrogens with one attached hydrogen (secondary N) is 1. The first-order chi connectivity index (χ1) is 17.9. The van der Waals surface area contributed by atoms with Crippen molar-refractivity contribution in [2.24, 2.45) is 16.6 Å². The van der Waals surface area contributed by atoms with Gasteiger partial charge in [-0.2, -0.15) is 4.99 Å². The highest BCUT2D eigenvalue weighted by Gasteiger charge is 2.33. The van der Waals surface area contributed by atoms with E-state index in [1.165, 1.54) is 0 Å². The fourth-order valence-electron chi connectivity index (χ4n) is 4.01. The van der Waals surface area contributed by atoms with Crippen LogP contribution in [0.3, 0.4) is 0 Å². The van der Waals surface area contributed by atoms with Gasteiger partial charge < -0.3 is 25.6 Å². The Labute approximate surface area is 213 Å². The average molecular weight is 502 g/mol. The van der Waals surface area contributed by atoms with E-state index in [4.69, 9.17) is 20.3 Å². The molecule has 1 fully saturated rings. The minimum absolute atomic E-state index is 0.0676. The normalized spacial score (nSPS) is 17.2. The van der Waals surface area contributed by atoms with E-state index in [1.54, 1.807) is 12.1 Å². The minimum Gasteiger partial charge on any atom is -0.491 e. The third-order valence-electron chi connectivity index (χ3n) is 5.94. The summed E-state index contributed by atoms with van der Waals surface area (Å²) in [7, 11) is 0. The van der Waals surface area contributed by atoms with E-state index >= 15 is 0 Å². The molecule has 9 heteroatoms. The first kappa shape index (κ1) is 25.4. The van der Waals surface area contributed by atoms with Crippen LogP contribution >= 0.6 is 0 Å². The van der Waals surface area contributed by atoms with Crippen molar-refractivity contribution in [1.29, 1.82) is 0 Å². The lowest BCUT2D eigenvalue weighted by Crippen LogP contribution is -2.31. The molecule has 1 aliphatic rings. The van der Waals surface area contributed by atoms with E-state index in [2.05, 4.69) is 10.3 Å². The van der Waals surface area contributed by atoms with E-state index in [9.17, 15) is 14.4 Å². The molecule has 0 saturated carbocycles. The number of aliphatic imine (C=N–C) groups is 1. The fraction of sp³-hybridized carbons (Fsp3) is 0.214. The van der Waals surface area contributed by atoms with Crippen LogP contribution in [-0.4, -0.2) is 41.6 Å². The zero-order valence-electron chi connectivity index (χ0n) is 20.0. The Morgan fingerprint density at radius 1 is 0.973 bits per heavy atom. The molecule has 1 heterocycles. The lowest BCUT2D eigenvalue weighted by Gasteiger charge is -2.12. The quantitative estimate of drug-likeness (QED) is 0.300. The van der Waals surface area contributed by atoms with Gasteiger partial charge in [-0.05, 0) is 35.2 Å². The average Bonchev–Trinajstić information content (AvgIpc) is 3.25. The maximum atomic E-state index is 12.0. The molecule has 0 radical (unpaired) electrons. The molecule has 0 aliphatic carbocycles. The van der Waals surface area contributed by atoms with E-state index in [1.807, 2.05) is 66.7 Å². The summed E-state index contributed by atoms with van der Waals surface area (Å²) in [5, 5.41) is 11.7. The summed E-state index contributed by atoms with van der Waals surface area (Å²) in [6.07, 6.45) is -0.492. The van der Waals surface area contributed by atoms with Gasteiger partial charge in [0.2, 0.25) is 5.91 Å². The third kappa shape index (κ3) is 7.17. The number of benzene rings is 3. The van der Waals surface area contributed by atoms with Gasteiger partial charge in [0.25, 0.3) is 0 Å². The van der Waals surface area contributed by atoms with Crippen LogP contribution in [0.5, 0.6) is 5.75 Å². The number of ether oxygens (including phenoxy) is 2. The van der Waals surface area contributed by atoms with E-state index < -0.39 is 18.0 Å². The SMILES string of the molecule is NC(=NC(=O)OCc1ccccc1)c1ccc(-c2ccc(OC[C@@H]3C[C@@H](CC(=O)O)C(=O)N3)cc2)cc1. The zero-order chi connectivity index (χ0) is 26.2. The summed E-state index contributed by atoms with van der Waals surface area (Å²) in [4.78, 5) is 38.5. The highest BCUT2D eigenvalue weighted by Crippen LogP contribution is 2.24. The fourth-order valence-corrected chi connectivity index (χ4v) is 4.01. The van der Waals surface area contributed by atoms with E-state index in [0.717, 1.165) is 16.7 Å². The Kier molecular flexibility index (Phi) is 8.15. The number of aliphatic carboxylic acids is 1. The lowest BCUT2D eigenvalue weighted by atomic mass is 10.0. The number of amidine groups is 1. The molecular weight excluding hydrogens is 474 g/mol. The minimum atomic E-state index is -0.985. The number of nitrogens with zero attached hydrogens (tertiary/aromatic N) is 1. The van der Waals surface area contributed by atoms with Crippen LogP contribution < -0.4 is 15.8 Å². The van der Waals surface area contributed by atoms with Gasteiger partial charge in [0.15, 0.2) is 0 Å². The number of carboxylic acid groups (broad SMARTS) is 1. The van der Waals surface area contributed by atoms with Crippen molar-refractivity contribution in [3.8, 4) is 16.9 Å². The van der Waals surface area contributed by atoms with E-state index in [-0.39, 0.29) is 37.4 Å². The van der Waals surface area contributed by atoms with Gasteiger partial charge in [0, 0.05) is 5.56 Å². The summed E-state index contributed by atoms with van der Waals surface area (Å²) in [6, 6.07) is 23.9. The molecule has 0 spiro atoms. The number of hydrogen-bond acceptors (Lipinski definition) is 5. The van der Waals surface area contributed by atoms with Crippen LogP contribution in [0.25, 0.3) is 11.1 Å². The van der Waals surface area contributed by atoms with Gasteiger partial charge in [-0.1, -0.05) is 66.7 Å². The molecule has 2 atom stereocenters. The topological polar surface area (TPSA) is 140 Å². The van der Waals surface area contributed by atoms with E-state index in [0.29, 0.717) is 17.7 Å². The Bertz CT molecular complexity index is 1270. The maximum absolute atomic E-state index is 12.0. The number of nitrogens with two attached hydrogens (primary N) is 1. The van der Waals surface area contributed by atoms with Gasteiger partial charge in [-0.3, -0.25) is 9.59 Å². The summed E-state index contributed by atoms with van der Waals surface area (Å²) in [5.41, 5.74) is 9.33. The van der Waals surface area contributed by atoms with Gasteiger partial charge in [0.1, 0.15) is 24.8 Å². The number of amides is 2. The predicted octanol–water partition coefficient (Wildman–Crippen LogP) is 3.75. The molecule has 2 amide bonds. The molecule has 3 aromatic rings. The van der Waals surface area contributed by atoms with Crippen LogP contribution in [0.2, 0.25) is 0 Å². The van der Waals surface area contributed by atoms with Crippen LogP contribution in [0, 0.1) is 5.92 Å². The first-order valence-electron chi connectivity index (χ1n) is 11.8. The number of carbonyl (C=O) groups excluding carboxylic acids is 2. The molecule has 3 aromatic carbocycles. The molecule has 1 saturated heterocycles. The second-order valence-electron chi connectivity index (χ2n) is 8.69. The number of hydrogen-bond donors (Lipinski definition) is 3. The van der Waals surface area contributed by atoms with Crippen molar-refractivity contribution in [2.45, 2.75) is 25.5 Å². The highest BCUT2D eigenvalue weighted by atomic mass is 16.5. The smallest absolute Gasteiger partial charge is 0.435 e. The summed E-state index contributed by atoms with van der Waals surface area (Å²) < 4.78 is 10.9. The number of carboxylic acids is 1. The van der Waals surface area contributed by atoms with Crippen LogP contribution in [0.15, 0.2) is 83.9 Å². The molecule has 4 rings (SSSR count). The lowest BCUT2D eigenvalue weighted by molar-refractivity contribution is -0.140. The Morgan fingerprint density at radius 2 is 1.62 bits per heavy atom. The van der Waals surface area contributed by atoms with Gasteiger partial charge in [-0.25, -0.2) is 4.79 Å². The number of carbonyl (C=O) groups is 3. The van der Waals surface area contributed by atoms with Crippen molar-refractivity contribution in [2.75, 3.05) is 6.61 Å². The van der Waals surface area contributed by atoms with Crippen molar-refractivity contribution < 1.29 is 29.0 Å². The second-order valence-corrected chi connectivity index (χ2v) is 8.69. The van der Waals surface area contributed by atoms with Crippen molar-refractivity contribution >= 4 is 23.8 Å². The summed E-state index contributed by atoms with van der Waals surface area (Å²) in [5.74, 6) is -1.04. The predicted molar refractivity (Wildman–Crippen MR) is 137 cm³/mol. The van der Waals surface area contributed by atoms with Gasteiger partial charge in [-0.15, -0.1) is 0 Å². The summed E-state index contributed by atoms with van der Waals surface area (Å²) in [6.45, 7) is 0.387. The van der Waals surface area contributed by atoms with Crippen molar-refractivity contribution in [1.82, 2.24) is 5.32 Å². The maximum Gasteiger partial charge on any atom is 0.435 e. The van der Waals surface area contributed by atoms with Gasteiger partial charge >= 0.3 is 12.1 Å². The summed E-state index contributed by atoms with van der Waals surface area (Å²) >= 11 is 0. The molecule has 1 aliphatic heterocycles. The van der Waals surface area contributed by atoms with Crippen molar-refractivity contribution in [3.63, 3.8) is 0 Å². The molecule has 0 unspecified atom stereocenters. The molecule has 4 N–H and O–H groups in total. The number of rotatable bonds is 9. The molecule has 0 bridgehead atoms. The molecule has 9 nitrogen and oxygen atoms in total. The largest absolute Gasteiger partial charge is 0.491 e. The van der Waals surface area contributed by atoms with Gasteiger partial charge in [0.05, 0.1) is 18.4 Å².